The molecule has 0 aliphatic heterocycles. The van der Waals surface area contributed by atoms with Gasteiger partial charge in [0.25, 0.3) is 0 Å². The van der Waals surface area contributed by atoms with Crippen LogP contribution in [0.4, 0.5) is 5.69 Å². The smallest absolute Gasteiger partial charge is 0.350 e. The standard InChI is InChI=1S/C12H17NO3S/c1-4-5-8(2)11(14)13-9-6-7-17-10(9)12(15)16-3/h6-8H,4-5H2,1-3H3,(H,13,14). The Labute approximate surface area is 105 Å². The van der Waals surface area contributed by atoms with Gasteiger partial charge < -0.3 is 10.1 Å². The summed E-state index contributed by atoms with van der Waals surface area (Å²) in [5.74, 6) is -0.528. The van der Waals surface area contributed by atoms with Crippen molar-refractivity contribution in [1.82, 2.24) is 0 Å². The van der Waals surface area contributed by atoms with Gasteiger partial charge in [0.2, 0.25) is 5.91 Å². The van der Waals surface area contributed by atoms with Gasteiger partial charge in [0.1, 0.15) is 4.88 Å². The van der Waals surface area contributed by atoms with Gasteiger partial charge in [-0.2, -0.15) is 0 Å². The molecule has 17 heavy (non-hydrogen) atoms. The average molecular weight is 255 g/mol. The Hall–Kier alpha value is -1.36. The molecule has 0 spiro atoms. The third-order valence-corrected chi connectivity index (χ3v) is 3.36. The summed E-state index contributed by atoms with van der Waals surface area (Å²) in [6.07, 6.45) is 1.80. The summed E-state index contributed by atoms with van der Waals surface area (Å²) in [7, 11) is 1.33. The molecule has 5 heteroatoms. The van der Waals surface area contributed by atoms with E-state index in [4.69, 9.17) is 0 Å². The summed E-state index contributed by atoms with van der Waals surface area (Å²) in [5, 5.41) is 4.52. The topological polar surface area (TPSA) is 55.4 Å². The van der Waals surface area contributed by atoms with Crippen molar-refractivity contribution in [2.45, 2.75) is 26.7 Å². The van der Waals surface area contributed by atoms with Crippen LogP contribution in [-0.2, 0) is 9.53 Å². The van der Waals surface area contributed by atoms with E-state index in [0.717, 1.165) is 12.8 Å². The van der Waals surface area contributed by atoms with Crippen molar-refractivity contribution >= 4 is 28.9 Å². The van der Waals surface area contributed by atoms with Crippen LogP contribution in [0.15, 0.2) is 11.4 Å². The Kier molecular flexibility index (Phi) is 5.15. The number of carbonyl (C=O) groups is 2. The average Bonchev–Trinajstić information content (AvgIpc) is 2.76. The van der Waals surface area contributed by atoms with Crippen LogP contribution in [0, 0.1) is 5.92 Å². The zero-order valence-electron chi connectivity index (χ0n) is 10.3. The minimum absolute atomic E-state index is 0.0506. The molecule has 0 bridgehead atoms. The summed E-state index contributed by atoms with van der Waals surface area (Å²) in [5.41, 5.74) is 0.537. The number of rotatable bonds is 5. The first-order valence-corrected chi connectivity index (χ1v) is 6.44. The monoisotopic (exact) mass is 255 g/mol. The first-order valence-electron chi connectivity index (χ1n) is 5.56. The van der Waals surface area contributed by atoms with Crippen molar-refractivity contribution in [3.8, 4) is 0 Å². The van der Waals surface area contributed by atoms with Gasteiger partial charge in [-0.05, 0) is 17.9 Å². The predicted molar refractivity (Wildman–Crippen MR) is 68.4 cm³/mol. The molecule has 0 aliphatic rings. The number of carbonyl (C=O) groups excluding carboxylic acids is 2. The van der Waals surface area contributed by atoms with E-state index in [1.54, 1.807) is 11.4 Å². The van der Waals surface area contributed by atoms with Gasteiger partial charge >= 0.3 is 5.97 Å². The molecule has 0 aromatic carbocycles. The van der Waals surface area contributed by atoms with Crippen LogP contribution < -0.4 is 5.32 Å². The highest BCUT2D eigenvalue weighted by molar-refractivity contribution is 7.12. The first kappa shape index (κ1) is 13.7. The van der Waals surface area contributed by atoms with Crippen molar-refractivity contribution in [2.75, 3.05) is 12.4 Å². The number of esters is 1. The third kappa shape index (κ3) is 3.56. The number of amides is 1. The molecule has 0 fully saturated rings. The molecule has 1 rings (SSSR count). The second-order valence-corrected chi connectivity index (χ2v) is 4.75. The van der Waals surface area contributed by atoms with Crippen molar-refractivity contribution in [3.63, 3.8) is 0 Å². The molecule has 1 unspecified atom stereocenters. The number of hydrogen-bond acceptors (Lipinski definition) is 4. The van der Waals surface area contributed by atoms with Crippen molar-refractivity contribution in [2.24, 2.45) is 5.92 Å². The van der Waals surface area contributed by atoms with Gasteiger partial charge in [-0.3, -0.25) is 4.79 Å². The molecule has 0 radical (unpaired) electrons. The van der Waals surface area contributed by atoms with E-state index in [1.165, 1.54) is 18.4 Å². The van der Waals surface area contributed by atoms with Crippen molar-refractivity contribution < 1.29 is 14.3 Å². The summed E-state index contributed by atoms with van der Waals surface area (Å²) in [4.78, 5) is 23.6. The summed E-state index contributed by atoms with van der Waals surface area (Å²) in [6, 6.07) is 1.72. The second-order valence-electron chi connectivity index (χ2n) is 3.83. The number of methoxy groups -OCH3 is 1. The maximum atomic E-state index is 11.8. The SMILES string of the molecule is CCCC(C)C(=O)Nc1ccsc1C(=O)OC. The van der Waals surface area contributed by atoms with E-state index < -0.39 is 5.97 Å². The van der Waals surface area contributed by atoms with Crippen LogP contribution in [-0.4, -0.2) is 19.0 Å². The highest BCUT2D eigenvalue weighted by Crippen LogP contribution is 2.24. The molecule has 1 aromatic rings. The van der Waals surface area contributed by atoms with E-state index in [9.17, 15) is 9.59 Å². The highest BCUT2D eigenvalue weighted by atomic mass is 32.1. The Morgan fingerprint density at radius 3 is 2.82 bits per heavy atom. The summed E-state index contributed by atoms with van der Waals surface area (Å²) in [6.45, 7) is 3.91. The quantitative estimate of drug-likeness (QED) is 0.823. The van der Waals surface area contributed by atoms with Gasteiger partial charge in [-0.1, -0.05) is 20.3 Å². The van der Waals surface area contributed by atoms with Gasteiger partial charge in [-0.25, -0.2) is 4.79 Å². The van der Waals surface area contributed by atoms with Crippen LogP contribution >= 0.6 is 11.3 Å². The first-order chi connectivity index (χ1) is 8.10. The van der Waals surface area contributed by atoms with Crippen molar-refractivity contribution in [3.05, 3.63) is 16.3 Å². The summed E-state index contributed by atoms with van der Waals surface area (Å²) >= 11 is 1.26. The molecular formula is C12H17NO3S. The fourth-order valence-electron chi connectivity index (χ4n) is 1.48. The van der Waals surface area contributed by atoms with E-state index >= 15 is 0 Å². The van der Waals surface area contributed by atoms with Crippen LogP contribution in [0.5, 0.6) is 0 Å². The Bertz CT molecular complexity index is 400. The number of ether oxygens (including phenoxy) is 1. The van der Waals surface area contributed by atoms with Gasteiger partial charge in [-0.15, -0.1) is 11.3 Å². The number of thiophene rings is 1. The number of hydrogen-bond donors (Lipinski definition) is 1. The fraction of sp³-hybridized carbons (Fsp3) is 0.500. The van der Waals surface area contributed by atoms with E-state index in [0.29, 0.717) is 10.6 Å². The fourth-order valence-corrected chi connectivity index (χ4v) is 2.24. The van der Waals surface area contributed by atoms with Gasteiger partial charge in [0.05, 0.1) is 12.8 Å². The molecule has 94 valence electrons. The molecule has 1 aromatic heterocycles. The third-order valence-electron chi connectivity index (χ3n) is 2.46. The Morgan fingerprint density at radius 2 is 2.24 bits per heavy atom. The maximum absolute atomic E-state index is 11.8. The lowest BCUT2D eigenvalue weighted by atomic mass is 10.1. The van der Waals surface area contributed by atoms with Crippen LogP contribution in [0.3, 0.4) is 0 Å². The molecule has 4 nitrogen and oxygen atoms in total. The lowest BCUT2D eigenvalue weighted by Gasteiger charge is -2.10. The lowest BCUT2D eigenvalue weighted by molar-refractivity contribution is -0.119. The molecule has 1 amide bonds. The number of anilines is 1. The maximum Gasteiger partial charge on any atom is 0.350 e. The zero-order chi connectivity index (χ0) is 12.8. The van der Waals surface area contributed by atoms with E-state index in [1.807, 2.05) is 13.8 Å². The van der Waals surface area contributed by atoms with Gasteiger partial charge in [0.15, 0.2) is 0 Å². The molecule has 1 heterocycles. The van der Waals surface area contributed by atoms with Crippen LogP contribution in [0.1, 0.15) is 36.4 Å². The second kappa shape index (κ2) is 6.39. The normalized spacial score (nSPS) is 11.9. The van der Waals surface area contributed by atoms with E-state index in [2.05, 4.69) is 10.1 Å². The Balaban J connectivity index is 2.72. The molecule has 0 aliphatic carbocycles. The highest BCUT2D eigenvalue weighted by Gasteiger charge is 2.18. The minimum Gasteiger partial charge on any atom is -0.465 e. The van der Waals surface area contributed by atoms with Crippen LogP contribution in [0.2, 0.25) is 0 Å². The van der Waals surface area contributed by atoms with Crippen LogP contribution in [0.25, 0.3) is 0 Å². The zero-order valence-corrected chi connectivity index (χ0v) is 11.1. The molecule has 0 saturated carbocycles. The summed E-state index contributed by atoms with van der Waals surface area (Å²) < 4.78 is 4.64. The lowest BCUT2D eigenvalue weighted by Crippen LogP contribution is -2.21. The number of nitrogens with one attached hydrogen (secondary N) is 1. The largest absolute Gasteiger partial charge is 0.465 e. The molecular weight excluding hydrogens is 238 g/mol. The molecule has 0 saturated heterocycles. The molecule has 1 atom stereocenters. The molecule has 1 N–H and O–H groups in total. The predicted octanol–water partition coefficient (Wildman–Crippen LogP) is 2.91. The van der Waals surface area contributed by atoms with Gasteiger partial charge in [0, 0.05) is 5.92 Å². The van der Waals surface area contributed by atoms with E-state index in [-0.39, 0.29) is 11.8 Å². The Morgan fingerprint density at radius 1 is 1.53 bits per heavy atom. The minimum atomic E-state index is -0.418. The van der Waals surface area contributed by atoms with Crippen molar-refractivity contribution in [1.29, 1.82) is 0 Å².